The minimum Gasteiger partial charge on any atom is -0.320 e. The van der Waals surface area contributed by atoms with Crippen molar-refractivity contribution in [1.82, 2.24) is 4.98 Å². The fourth-order valence-corrected chi connectivity index (χ4v) is 1.70. The fourth-order valence-electron chi connectivity index (χ4n) is 1.55. The zero-order valence-corrected chi connectivity index (χ0v) is 9.76. The summed E-state index contributed by atoms with van der Waals surface area (Å²) in [6.07, 6.45) is 2.29. The Labute approximate surface area is 106 Å². The van der Waals surface area contributed by atoms with Gasteiger partial charge in [-0.1, -0.05) is 11.6 Å². The van der Waals surface area contributed by atoms with E-state index in [1.54, 1.807) is 0 Å². The molecule has 0 bridgehead atoms. The molecule has 1 unspecified atom stereocenters. The summed E-state index contributed by atoms with van der Waals surface area (Å²) in [5.41, 5.74) is 5.89. The standard InChI is InChI=1S/C12H8ClF3N2/c13-9-3-10(15)8(2-11(9)16)12(17)6-1-7(14)5-18-4-6/h1-5,12H,17H2. The maximum Gasteiger partial charge on any atom is 0.142 e. The summed E-state index contributed by atoms with van der Waals surface area (Å²) in [6, 6.07) is 1.83. The molecule has 94 valence electrons. The first-order chi connectivity index (χ1) is 8.49. The second-order valence-electron chi connectivity index (χ2n) is 3.70. The van der Waals surface area contributed by atoms with Crippen molar-refractivity contribution >= 4 is 11.6 Å². The van der Waals surface area contributed by atoms with Crippen molar-refractivity contribution in [3.05, 3.63) is 64.2 Å². The fraction of sp³-hybridized carbons (Fsp3) is 0.0833. The van der Waals surface area contributed by atoms with Gasteiger partial charge in [0.2, 0.25) is 0 Å². The van der Waals surface area contributed by atoms with Crippen LogP contribution >= 0.6 is 11.6 Å². The van der Waals surface area contributed by atoms with E-state index in [4.69, 9.17) is 17.3 Å². The number of nitrogens with zero attached hydrogens (tertiary/aromatic N) is 1. The molecular weight excluding hydrogens is 265 g/mol. The van der Waals surface area contributed by atoms with Gasteiger partial charge in [0.25, 0.3) is 0 Å². The minimum atomic E-state index is -1.01. The summed E-state index contributed by atoms with van der Waals surface area (Å²) >= 11 is 5.43. The predicted octanol–water partition coefficient (Wildman–Crippen LogP) is 3.20. The van der Waals surface area contributed by atoms with E-state index in [1.165, 1.54) is 6.20 Å². The zero-order valence-electron chi connectivity index (χ0n) is 9.00. The Bertz CT molecular complexity index is 590. The summed E-state index contributed by atoms with van der Waals surface area (Å²) in [4.78, 5) is 3.60. The topological polar surface area (TPSA) is 38.9 Å². The van der Waals surface area contributed by atoms with E-state index in [1.807, 2.05) is 0 Å². The summed E-state index contributed by atoms with van der Waals surface area (Å²) in [5.74, 6) is -2.14. The molecule has 2 N–H and O–H groups in total. The van der Waals surface area contributed by atoms with Crippen LogP contribution in [0.15, 0.2) is 30.6 Å². The van der Waals surface area contributed by atoms with Gasteiger partial charge in [0, 0.05) is 11.8 Å². The van der Waals surface area contributed by atoms with Crippen molar-refractivity contribution in [2.75, 3.05) is 0 Å². The maximum atomic E-state index is 13.6. The van der Waals surface area contributed by atoms with Crippen molar-refractivity contribution in [3.8, 4) is 0 Å². The van der Waals surface area contributed by atoms with Crippen molar-refractivity contribution in [2.24, 2.45) is 5.73 Å². The average molecular weight is 273 g/mol. The largest absolute Gasteiger partial charge is 0.320 e. The summed E-state index contributed by atoms with van der Waals surface area (Å²) in [6.45, 7) is 0. The lowest BCUT2D eigenvalue weighted by Gasteiger charge is -2.13. The lowest BCUT2D eigenvalue weighted by atomic mass is 10.0. The molecule has 6 heteroatoms. The van der Waals surface area contributed by atoms with Crippen LogP contribution in [0.4, 0.5) is 13.2 Å². The lowest BCUT2D eigenvalue weighted by Crippen LogP contribution is -2.14. The van der Waals surface area contributed by atoms with Gasteiger partial charge in [-0.3, -0.25) is 4.98 Å². The van der Waals surface area contributed by atoms with Gasteiger partial charge in [0.1, 0.15) is 17.5 Å². The molecule has 0 aliphatic heterocycles. The number of halogens is 4. The molecule has 1 heterocycles. The van der Waals surface area contributed by atoms with Gasteiger partial charge in [-0.2, -0.15) is 0 Å². The molecular formula is C12H8ClF3N2. The quantitative estimate of drug-likeness (QED) is 0.853. The third kappa shape index (κ3) is 2.47. The van der Waals surface area contributed by atoms with Gasteiger partial charge < -0.3 is 5.73 Å². The molecule has 0 amide bonds. The van der Waals surface area contributed by atoms with Crippen LogP contribution in [0, 0.1) is 17.5 Å². The van der Waals surface area contributed by atoms with Gasteiger partial charge >= 0.3 is 0 Å². The van der Waals surface area contributed by atoms with Crippen molar-refractivity contribution < 1.29 is 13.2 Å². The van der Waals surface area contributed by atoms with Gasteiger partial charge in [0.05, 0.1) is 17.3 Å². The molecule has 1 aromatic heterocycles. The lowest BCUT2D eigenvalue weighted by molar-refractivity contribution is 0.574. The molecule has 0 saturated heterocycles. The van der Waals surface area contributed by atoms with Gasteiger partial charge in [0.15, 0.2) is 0 Å². The van der Waals surface area contributed by atoms with Crippen LogP contribution in [0.1, 0.15) is 17.2 Å². The average Bonchev–Trinajstić information content (AvgIpc) is 2.33. The number of pyridine rings is 1. The van der Waals surface area contributed by atoms with Crippen LogP contribution in [-0.2, 0) is 0 Å². The van der Waals surface area contributed by atoms with Crippen LogP contribution in [-0.4, -0.2) is 4.98 Å². The molecule has 0 spiro atoms. The van der Waals surface area contributed by atoms with Crippen LogP contribution in [0.25, 0.3) is 0 Å². The highest BCUT2D eigenvalue weighted by Crippen LogP contribution is 2.26. The second kappa shape index (κ2) is 4.96. The highest BCUT2D eigenvalue weighted by molar-refractivity contribution is 6.30. The Hall–Kier alpha value is -1.59. The molecule has 2 rings (SSSR count). The van der Waals surface area contributed by atoms with E-state index in [2.05, 4.69) is 4.98 Å². The molecule has 2 aromatic rings. The normalized spacial score (nSPS) is 12.5. The first-order valence-electron chi connectivity index (χ1n) is 4.99. The van der Waals surface area contributed by atoms with Crippen molar-refractivity contribution in [2.45, 2.75) is 6.04 Å². The van der Waals surface area contributed by atoms with Gasteiger partial charge in [-0.15, -0.1) is 0 Å². The maximum absolute atomic E-state index is 13.6. The summed E-state index contributed by atoms with van der Waals surface area (Å²) < 4.78 is 39.9. The first kappa shape index (κ1) is 12.9. The zero-order chi connectivity index (χ0) is 13.3. The molecule has 1 aromatic carbocycles. The highest BCUT2D eigenvalue weighted by atomic mass is 35.5. The van der Waals surface area contributed by atoms with E-state index < -0.39 is 23.5 Å². The highest BCUT2D eigenvalue weighted by Gasteiger charge is 2.17. The Morgan fingerprint density at radius 3 is 2.44 bits per heavy atom. The molecule has 0 aliphatic carbocycles. The van der Waals surface area contributed by atoms with E-state index >= 15 is 0 Å². The first-order valence-corrected chi connectivity index (χ1v) is 5.37. The summed E-state index contributed by atoms with van der Waals surface area (Å²) in [5, 5.41) is -0.333. The predicted molar refractivity (Wildman–Crippen MR) is 61.6 cm³/mol. The molecule has 2 nitrogen and oxygen atoms in total. The second-order valence-corrected chi connectivity index (χ2v) is 4.11. The smallest absolute Gasteiger partial charge is 0.142 e. The van der Waals surface area contributed by atoms with Crippen LogP contribution < -0.4 is 5.73 Å². The molecule has 0 fully saturated rings. The Balaban J connectivity index is 2.46. The van der Waals surface area contributed by atoms with Crippen molar-refractivity contribution in [3.63, 3.8) is 0 Å². The molecule has 18 heavy (non-hydrogen) atoms. The third-order valence-corrected chi connectivity index (χ3v) is 2.75. The van der Waals surface area contributed by atoms with Gasteiger partial charge in [-0.05, 0) is 23.8 Å². The number of hydrogen-bond acceptors (Lipinski definition) is 2. The Morgan fingerprint density at radius 1 is 1.06 bits per heavy atom. The number of aromatic nitrogens is 1. The minimum absolute atomic E-state index is 0.107. The van der Waals surface area contributed by atoms with E-state index in [9.17, 15) is 13.2 Å². The van der Waals surface area contributed by atoms with Gasteiger partial charge in [-0.25, -0.2) is 13.2 Å². The molecule has 0 aliphatic rings. The van der Waals surface area contributed by atoms with Crippen LogP contribution in [0.3, 0.4) is 0 Å². The van der Waals surface area contributed by atoms with E-state index in [0.29, 0.717) is 0 Å². The summed E-state index contributed by atoms with van der Waals surface area (Å²) in [7, 11) is 0. The van der Waals surface area contributed by atoms with Crippen LogP contribution in [0.5, 0.6) is 0 Å². The van der Waals surface area contributed by atoms with E-state index in [0.717, 1.165) is 24.4 Å². The third-order valence-electron chi connectivity index (χ3n) is 2.46. The number of rotatable bonds is 2. The molecule has 0 radical (unpaired) electrons. The number of nitrogens with two attached hydrogens (primary N) is 1. The SMILES string of the molecule is NC(c1cncc(F)c1)c1cc(F)c(Cl)cc1F. The van der Waals surface area contributed by atoms with E-state index in [-0.39, 0.29) is 16.1 Å². The molecule has 1 atom stereocenters. The van der Waals surface area contributed by atoms with Crippen molar-refractivity contribution in [1.29, 1.82) is 0 Å². The number of benzene rings is 1. The Morgan fingerprint density at radius 2 is 1.78 bits per heavy atom. The van der Waals surface area contributed by atoms with Crippen LogP contribution in [0.2, 0.25) is 5.02 Å². The number of hydrogen-bond donors (Lipinski definition) is 1. The Kier molecular flexibility index (Phi) is 3.54. The molecule has 0 saturated carbocycles. The monoisotopic (exact) mass is 272 g/mol.